The van der Waals surface area contributed by atoms with Crippen molar-refractivity contribution >= 4 is 11.5 Å². The molecule has 2 aromatic heterocycles. The van der Waals surface area contributed by atoms with Gasteiger partial charge >= 0.3 is 0 Å². The highest BCUT2D eigenvalue weighted by Crippen LogP contribution is 2.34. The van der Waals surface area contributed by atoms with Crippen LogP contribution in [0.25, 0.3) is 0 Å². The second kappa shape index (κ2) is 5.88. The summed E-state index contributed by atoms with van der Waals surface area (Å²) in [6.07, 6.45) is 1.71. The van der Waals surface area contributed by atoms with Gasteiger partial charge in [-0.05, 0) is 31.3 Å². The van der Waals surface area contributed by atoms with Crippen molar-refractivity contribution in [3.05, 3.63) is 22.5 Å². The fraction of sp³-hybridized carbons (Fsp3) is 0.615. The molecule has 1 atom stereocenters. The number of rotatable bonds is 5. The average Bonchev–Trinajstić information content (AvgIpc) is 3.04. The Balaban J connectivity index is 2.49. The van der Waals surface area contributed by atoms with Crippen molar-refractivity contribution in [2.75, 3.05) is 7.11 Å². The Labute approximate surface area is 123 Å². The maximum Gasteiger partial charge on any atom is 0.161 e. The van der Waals surface area contributed by atoms with Crippen molar-refractivity contribution in [1.82, 2.24) is 19.4 Å². The van der Waals surface area contributed by atoms with Crippen LogP contribution >= 0.6 is 11.5 Å². The molecule has 0 amide bonds. The Kier molecular flexibility index (Phi) is 4.39. The molecule has 7 heteroatoms. The largest absolute Gasteiger partial charge is 0.493 e. The Bertz CT molecular complexity index is 575. The minimum absolute atomic E-state index is 0.211. The lowest BCUT2D eigenvalue weighted by Gasteiger charge is -2.18. The quantitative estimate of drug-likeness (QED) is 0.916. The summed E-state index contributed by atoms with van der Waals surface area (Å²) in [4.78, 5) is 0.973. The van der Waals surface area contributed by atoms with Crippen molar-refractivity contribution in [3.63, 3.8) is 0 Å². The van der Waals surface area contributed by atoms with Gasteiger partial charge in [-0.1, -0.05) is 18.3 Å². The van der Waals surface area contributed by atoms with E-state index in [2.05, 4.69) is 42.4 Å². The molecule has 2 N–H and O–H groups in total. The standard InChI is InChI=1S/C13H21N5OS/c1-7(2)11-13(20-17-16-11)10(14)12-9(19-5)6-15-18(12)8(3)4/h6-8,10H,14H2,1-5H3. The molecule has 0 saturated carbocycles. The Morgan fingerprint density at radius 1 is 1.30 bits per heavy atom. The van der Waals surface area contributed by atoms with Gasteiger partial charge in [0.15, 0.2) is 5.75 Å². The first-order valence-electron chi connectivity index (χ1n) is 6.66. The molecule has 1 unspecified atom stereocenters. The molecule has 0 aliphatic rings. The first kappa shape index (κ1) is 14.9. The van der Waals surface area contributed by atoms with E-state index in [1.807, 2.05) is 4.68 Å². The third-order valence-electron chi connectivity index (χ3n) is 3.17. The van der Waals surface area contributed by atoms with Gasteiger partial charge < -0.3 is 10.5 Å². The van der Waals surface area contributed by atoms with E-state index in [0.29, 0.717) is 5.75 Å². The van der Waals surface area contributed by atoms with E-state index in [-0.39, 0.29) is 18.0 Å². The average molecular weight is 295 g/mol. The van der Waals surface area contributed by atoms with E-state index in [1.54, 1.807) is 13.3 Å². The van der Waals surface area contributed by atoms with Crippen LogP contribution in [-0.4, -0.2) is 26.5 Å². The second-order valence-electron chi connectivity index (χ2n) is 5.29. The van der Waals surface area contributed by atoms with E-state index in [1.165, 1.54) is 11.5 Å². The SMILES string of the molecule is COc1cnn(C(C)C)c1C(N)c1snnc1C(C)C. The number of hydrogen-bond acceptors (Lipinski definition) is 6. The summed E-state index contributed by atoms with van der Waals surface area (Å²) in [5.41, 5.74) is 8.26. The molecule has 0 spiro atoms. The fourth-order valence-corrected chi connectivity index (χ4v) is 2.98. The number of nitrogens with zero attached hydrogens (tertiary/aromatic N) is 4. The summed E-state index contributed by atoms with van der Waals surface area (Å²) in [5.74, 6) is 0.991. The Morgan fingerprint density at radius 3 is 2.55 bits per heavy atom. The molecule has 110 valence electrons. The van der Waals surface area contributed by atoms with Gasteiger partial charge in [0.05, 0.1) is 29.9 Å². The van der Waals surface area contributed by atoms with Crippen molar-refractivity contribution in [2.45, 2.75) is 45.7 Å². The zero-order valence-corrected chi connectivity index (χ0v) is 13.3. The fourth-order valence-electron chi connectivity index (χ4n) is 2.17. The number of nitrogens with two attached hydrogens (primary N) is 1. The molecule has 2 aromatic rings. The van der Waals surface area contributed by atoms with Gasteiger partial charge in [-0.25, -0.2) is 0 Å². The first-order valence-corrected chi connectivity index (χ1v) is 7.43. The van der Waals surface area contributed by atoms with Crippen LogP contribution in [0.2, 0.25) is 0 Å². The summed E-state index contributed by atoms with van der Waals surface area (Å²) in [7, 11) is 1.63. The zero-order chi connectivity index (χ0) is 14.9. The van der Waals surface area contributed by atoms with Crippen molar-refractivity contribution < 1.29 is 4.74 Å². The van der Waals surface area contributed by atoms with Crippen LogP contribution in [0.1, 0.15) is 62.0 Å². The Morgan fingerprint density at radius 2 is 2.00 bits per heavy atom. The lowest BCUT2D eigenvalue weighted by molar-refractivity contribution is 0.401. The topological polar surface area (TPSA) is 78.9 Å². The highest BCUT2D eigenvalue weighted by Gasteiger charge is 2.26. The molecule has 20 heavy (non-hydrogen) atoms. The van der Waals surface area contributed by atoms with E-state index >= 15 is 0 Å². The van der Waals surface area contributed by atoms with Gasteiger partial charge in [0.1, 0.15) is 5.69 Å². The van der Waals surface area contributed by atoms with Gasteiger partial charge in [0.2, 0.25) is 0 Å². The van der Waals surface area contributed by atoms with Crippen molar-refractivity contribution in [2.24, 2.45) is 5.73 Å². The van der Waals surface area contributed by atoms with Gasteiger partial charge in [-0.15, -0.1) is 5.10 Å². The first-order chi connectivity index (χ1) is 9.47. The van der Waals surface area contributed by atoms with Crippen molar-refractivity contribution in [1.29, 1.82) is 0 Å². The lowest BCUT2D eigenvalue weighted by atomic mass is 10.0. The minimum atomic E-state index is -0.327. The van der Waals surface area contributed by atoms with Crippen LogP contribution in [0.15, 0.2) is 6.20 Å². The molecule has 2 heterocycles. The van der Waals surface area contributed by atoms with Crippen LogP contribution in [0.5, 0.6) is 5.75 Å². The molecule has 0 fully saturated rings. The van der Waals surface area contributed by atoms with Crippen LogP contribution in [0, 0.1) is 0 Å². The van der Waals surface area contributed by atoms with Gasteiger partial charge in [-0.3, -0.25) is 4.68 Å². The summed E-state index contributed by atoms with van der Waals surface area (Å²) in [5, 5.41) is 8.56. The van der Waals surface area contributed by atoms with E-state index in [4.69, 9.17) is 10.5 Å². The third kappa shape index (κ3) is 2.55. The predicted molar refractivity (Wildman–Crippen MR) is 79.2 cm³/mol. The molecule has 6 nitrogen and oxygen atoms in total. The molecule has 2 rings (SSSR count). The van der Waals surface area contributed by atoms with Gasteiger partial charge in [0, 0.05) is 6.04 Å². The monoisotopic (exact) mass is 295 g/mol. The van der Waals surface area contributed by atoms with Gasteiger partial charge in [0.25, 0.3) is 0 Å². The second-order valence-corrected chi connectivity index (χ2v) is 6.08. The Hall–Kier alpha value is -1.47. The van der Waals surface area contributed by atoms with Crippen LogP contribution in [-0.2, 0) is 0 Å². The van der Waals surface area contributed by atoms with E-state index in [0.717, 1.165) is 16.3 Å². The van der Waals surface area contributed by atoms with E-state index in [9.17, 15) is 0 Å². The predicted octanol–water partition coefficient (Wildman–Crippen LogP) is 2.50. The number of aromatic nitrogens is 4. The van der Waals surface area contributed by atoms with Gasteiger partial charge in [-0.2, -0.15) is 5.10 Å². The molecule has 0 bridgehead atoms. The summed E-state index contributed by atoms with van der Waals surface area (Å²) in [6.45, 7) is 8.31. The molecule has 0 aliphatic heterocycles. The molecule has 0 radical (unpaired) electrons. The van der Waals surface area contributed by atoms with Crippen LogP contribution in [0.3, 0.4) is 0 Å². The zero-order valence-electron chi connectivity index (χ0n) is 12.5. The molecule has 0 aliphatic carbocycles. The molecular formula is C13H21N5OS. The maximum absolute atomic E-state index is 6.45. The van der Waals surface area contributed by atoms with Crippen LogP contribution < -0.4 is 10.5 Å². The number of hydrogen-bond donors (Lipinski definition) is 1. The highest BCUT2D eigenvalue weighted by molar-refractivity contribution is 7.05. The number of methoxy groups -OCH3 is 1. The molecular weight excluding hydrogens is 274 g/mol. The molecule has 0 saturated heterocycles. The third-order valence-corrected chi connectivity index (χ3v) is 3.99. The van der Waals surface area contributed by atoms with Crippen LogP contribution in [0.4, 0.5) is 0 Å². The lowest BCUT2D eigenvalue weighted by Crippen LogP contribution is -2.20. The van der Waals surface area contributed by atoms with Crippen molar-refractivity contribution in [3.8, 4) is 5.75 Å². The summed E-state index contributed by atoms with van der Waals surface area (Å²) < 4.78 is 11.3. The minimum Gasteiger partial charge on any atom is -0.493 e. The summed E-state index contributed by atoms with van der Waals surface area (Å²) >= 11 is 1.34. The molecule has 0 aromatic carbocycles. The summed E-state index contributed by atoms with van der Waals surface area (Å²) in [6, 6.07) is -0.115. The number of ether oxygens (including phenoxy) is 1. The normalized spacial score (nSPS) is 13.2. The maximum atomic E-state index is 6.45. The highest BCUT2D eigenvalue weighted by atomic mass is 32.1. The smallest absolute Gasteiger partial charge is 0.161 e. The van der Waals surface area contributed by atoms with E-state index < -0.39 is 0 Å².